The topological polar surface area (TPSA) is 87.1 Å². The minimum Gasteiger partial charge on any atom is -0.341 e. The van der Waals surface area contributed by atoms with Crippen LogP contribution in [0.25, 0.3) is 0 Å². The third-order valence-electron chi connectivity index (χ3n) is 4.84. The molecule has 3 heterocycles. The first-order valence-electron chi connectivity index (χ1n) is 9.14. The van der Waals surface area contributed by atoms with Gasteiger partial charge < -0.3 is 14.4 Å². The summed E-state index contributed by atoms with van der Waals surface area (Å²) in [6.45, 7) is 4.83. The van der Waals surface area contributed by atoms with Crippen molar-refractivity contribution in [3.63, 3.8) is 0 Å². The second-order valence-corrected chi connectivity index (χ2v) is 6.68. The molecule has 1 saturated heterocycles. The van der Waals surface area contributed by atoms with Crippen LogP contribution in [0.1, 0.15) is 30.7 Å². The minimum atomic E-state index is 0.0837. The average molecular weight is 358 g/mol. The number of imidazole rings is 1. The summed E-state index contributed by atoms with van der Waals surface area (Å²) in [7, 11) is 0. The van der Waals surface area contributed by atoms with Crippen LogP contribution in [0.4, 0.5) is 0 Å². The fraction of sp³-hybridized carbons (Fsp3) is 0.556. The van der Waals surface area contributed by atoms with Gasteiger partial charge in [-0.05, 0) is 31.7 Å². The van der Waals surface area contributed by atoms with Crippen molar-refractivity contribution >= 4 is 11.8 Å². The van der Waals surface area contributed by atoms with Gasteiger partial charge in [-0.1, -0.05) is 0 Å². The van der Waals surface area contributed by atoms with Gasteiger partial charge in [0, 0.05) is 51.2 Å². The number of nitrogens with zero attached hydrogens (tertiary/aromatic N) is 5. The predicted octanol–water partition coefficient (Wildman–Crippen LogP) is 0.998. The Kier molecular flexibility index (Phi) is 6.04. The molecule has 0 aliphatic carbocycles. The van der Waals surface area contributed by atoms with Crippen LogP contribution < -0.4 is 0 Å². The van der Waals surface area contributed by atoms with Crippen LogP contribution in [-0.4, -0.2) is 67.5 Å². The van der Waals surface area contributed by atoms with Gasteiger partial charge >= 0.3 is 0 Å². The zero-order valence-electron chi connectivity index (χ0n) is 15.2. The summed E-state index contributed by atoms with van der Waals surface area (Å²) in [6, 6.07) is 0. The number of aromatic nitrogens is 4. The number of carbonyl (C=O) groups is 2. The molecule has 2 amide bonds. The average Bonchev–Trinajstić information content (AvgIpc) is 3.20. The fourth-order valence-corrected chi connectivity index (χ4v) is 3.25. The molecule has 0 atom stereocenters. The molecule has 8 nitrogen and oxygen atoms in total. The first-order valence-corrected chi connectivity index (χ1v) is 9.14. The van der Waals surface area contributed by atoms with E-state index in [4.69, 9.17) is 0 Å². The Hall–Kier alpha value is -2.64. The molecule has 2 aromatic heterocycles. The van der Waals surface area contributed by atoms with Crippen LogP contribution in [0.2, 0.25) is 0 Å². The number of hydrogen-bond acceptors (Lipinski definition) is 4. The van der Waals surface area contributed by atoms with Crippen LogP contribution in [0.3, 0.4) is 0 Å². The van der Waals surface area contributed by atoms with Crippen molar-refractivity contribution in [3.05, 3.63) is 36.2 Å². The van der Waals surface area contributed by atoms with E-state index < -0.39 is 0 Å². The molecule has 0 radical (unpaired) electrons. The molecule has 1 N–H and O–H groups in total. The van der Waals surface area contributed by atoms with E-state index in [-0.39, 0.29) is 11.8 Å². The van der Waals surface area contributed by atoms with E-state index in [1.807, 2.05) is 33.7 Å². The number of nitrogens with one attached hydrogen (secondary N) is 1. The second kappa shape index (κ2) is 8.64. The molecule has 0 spiro atoms. The number of amides is 2. The molecule has 3 rings (SSSR count). The van der Waals surface area contributed by atoms with E-state index >= 15 is 0 Å². The van der Waals surface area contributed by atoms with Crippen LogP contribution in [-0.2, 0) is 22.6 Å². The lowest BCUT2D eigenvalue weighted by molar-refractivity contribution is -0.134. The van der Waals surface area contributed by atoms with Crippen molar-refractivity contribution in [1.82, 2.24) is 29.5 Å². The molecule has 0 unspecified atom stereocenters. The smallest absolute Gasteiger partial charge is 0.242 e. The Morgan fingerprint density at radius 1 is 1.15 bits per heavy atom. The molecule has 26 heavy (non-hydrogen) atoms. The maximum absolute atomic E-state index is 12.5. The highest BCUT2D eigenvalue weighted by atomic mass is 16.2. The molecule has 8 heteroatoms. The van der Waals surface area contributed by atoms with Crippen molar-refractivity contribution in [2.75, 3.05) is 26.2 Å². The molecule has 1 fully saturated rings. The van der Waals surface area contributed by atoms with Crippen LogP contribution in [0.15, 0.2) is 24.8 Å². The molecule has 140 valence electrons. The normalized spacial score (nSPS) is 15.1. The van der Waals surface area contributed by atoms with E-state index in [9.17, 15) is 9.59 Å². The molecule has 0 aromatic carbocycles. The lowest BCUT2D eigenvalue weighted by Crippen LogP contribution is -2.38. The van der Waals surface area contributed by atoms with Crippen molar-refractivity contribution in [1.29, 1.82) is 0 Å². The van der Waals surface area contributed by atoms with Crippen molar-refractivity contribution < 1.29 is 9.59 Å². The number of hydrogen-bond donors (Lipinski definition) is 1. The maximum atomic E-state index is 12.5. The molecule has 0 saturated carbocycles. The Morgan fingerprint density at radius 3 is 2.58 bits per heavy atom. The number of aromatic amines is 1. The Labute approximate surface area is 153 Å². The summed E-state index contributed by atoms with van der Waals surface area (Å²) in [4.78, 5) is 32.9. The highest BCUT2D eigenvalue weighted by Crippen LogP contribution is 2.09. The van der Waals surface area contributed by atoms with Gasteiger partial charge in [0.1, 0.15) is 12.4 Å². The van der Waals surface area contributed by atoms with Crippen molar-refractivity contribution in [2.24, 2.45) is 0 Å². The number of aryl methyl sites for hydroxylation is 2. The highest BCUT2D eigenvalue weighted by molar-refractivity contribution is 5.77. The third-order valence-corrected chi connectivity index (χ3v) is 4.84. The lowest BCUT2D eigenvalue weighted by Gasteiger charge is -2.22. The predicted molar refractivity (Wildman–Crippen MR) is 96.3 cm³/mol. The van der Waals surface area contributed by atoms with Crippen molar-refractivity contribution in [2.45, 2.75) is 39.2 Å². The van der Waals surface area contributed by atoms with Gasteiger partial charge in [0.15, 0.2) is 0 Å². The van der Waals surface area contributed by atoms with E-state index in [1.165, 1.54) is 0 Å². The van der Waals surface area contributed by atoms with Crippen LogP contribution >= 0.6 is 0 Å². The van der Waals surface area contributed by atoms with Gasteiger partial charge in [-0.2, -0.15) is 5.10 Å². The summed E-state index contributed by atoms with van der Waals surface area (Å²) in [5.41, 5.74) is 1.13. The van der Waals surface area contributed by atoms with Crippen LogP contribution in [0.5, 0.6) is 0 Å². The second-order valence-electron chi connectivity index (χ2n) is 6.68. The molecule has 1 aliphatic rings. The fourth-order valence-electron chi connectivity index (χ4n) is 3.25. The summed E-state index contributed by atoms with van der Waals surface area (Å²) in [6.07, 6.45) is 10.2. The van der Waals surface area contributed by atoms with Gasteiger partial charge in [-0.25, -0.2) is 4.98 Å². The third kappa shape index (κ3) is 4.71. The summed E-state index contributed by atoms with van der Waals surface area (Å²) >= 11 is 0. The SMILES string of the molecule is Cc1nccn1CC(=O)N1CCCN(C(=O)CCCc2cn[nH]c2)CC1. The Balaban J connectivity index is 1.44. The zero-order valence-corrected chi connectivity index (χ0v) is 15.2. The Morgan fingerprint density at radius 2 is 1.92 bits per heavy atom. The monoisotopic (exact) mass is 358 g/mol. The summed E-state index contributed by atoms with van der Waals surface area (Å²) in [5.74, 6) is 1.09. The lowest BCUT2D eigenvalue weighted by atomic mass is 10.1. The highest BCUT2D eigenvalue weighted by Gasteiger charge is 2.22. The van der Waals surface area contributed by atoms with E-state index in [1.54, 1.807) is 12.4 Å². The van der Waals surface area contributed by atoms with Gasteiger partial charge in [0.2, 0.25) is 11.8 Å². The largest absolute Gasteiger partial charge is 0.341 e. The van der Waals surface area contributed by atoms with Crippen molar-refractivity contribution in [3.8, 4) is 0 Å². The van der Waals surface area contributed by atoms with Crippen LogP contribution in [0, 0.1) is 6.92 Å². The molecular formula is C18H26N6O2. The zero-order chi connectivity index (χ0) is 18.4. The summed E-state index contributed by atoms with van der Waals surface area (Å²) in [5, 5.41) is 6.70. The van der Waals surface area contributed by atoms with E-state index in [0.29, 0.717) is 32.6 Å². The standard InChI is InChI=1S/C18H26N6O2/c1-15-19-6-9-24(15)14-18(26)23-8-3-7-22(10-11-23)17(25)5-2-4-16-12-20-21-13-16/h6,9,12-13H,2-5,7-8,10-11,14H2,1H3,(H,20,21). The van der Waals surface area contributed by atoms with E-state index in [0.717, 1.165) is 37.2 Å². The first-order chi connectivity index (χ1) is 12.6. The molecule has 0 bridgehead atoms. The maximum Gasteiger partial charge on any atom is 0.242 e. The van der Waals surface area contributed by atoms with Gasteiger partial charge in [0.25, 0.3) is 0 Å². The molecule has 2 aromatic rings. The van der Waals surface area contributed by atoms with Gasteiger partial charge in [-0.3, -0.25) is 14.7 Å². The number of H-pyrrole nitrogens is 1. The van der Waals surface area contributed by atoms with Gasteiger partial charge in [-0.15, -0.1) is 0 Å². The quantitative estimate of drug-likeness (QED) is 0.834. The molecular weight excluding hydrogens is 332 g/mol. The molecule has 1 aliphatic heterocycles. The minimum absolute atomic E-state index is 0.0837. The first kappa shape index (κ1) is 18.2. The van der Waals surface area contributed by atoms with Gasteiger partial charge in [0.05, 0.1) is 6.20 Å². The Bertz CT molecular complexity index is 724. The number of rotatable bonds is 6. The summed E-state index contributed by atoms with van der Waals surface area (Å²) < 4.78 is 1.85. The number of carbonyl (C=O) groups excluding carboxylic acids is 2. The van der Waals surface area contributed by atoms with E-state index in [2.05, 4.69) is 15.2 Å².